The van der Waals surface area contributed by atoms with Gasteiger partial charge in [0.15, 0.2) is 0 Å². The molecule has 0 radical (unpaired) electrons. The maximum atomic E-state index is 9.89. The molecule has 0 saturated carbocycles. The third-order valence-corrected chi connectivity index (χ3v) is 3.05. The number of ether oxygens (including phenoxy) is 1. The maximum absolute atomic E-state index is 9.89. The maximum Gasteiger partial charge on any atom is 0.300 e. The molecule has 0 aliphatic carbocycles. The summed E-state index contributed by atoms with van der Waals surface area (Å²) in [6.45, 7) is 2.48. The first-order valence-electron chi connectivity index (χ1n) is 7.30. The molecule has 0 bridgehead atoms. The van der Waals surface area contributed by atoms with Gasteiger partial charge >= 0.3 is 6.47 Å². The van der Waals surface area contributed by atoms with Crippen molar-refractivity contribution in [2.75, 3.05) is 0 Å². The zero-order valence-electron chi connectivity index (χ0n) is 11.7. The van der Waals surface area contributed by atoms with E-state index in [-0.39, 0.29) is 12.4 Å². The van der Waals surface area contributed by atoms with Crippen molar-refractivity contribution in [1.29, 1.82) is 0 Å². The Balaban J connectivity index is 3.11. The van der Waals surface area contributed by atoms with Gasteiger partial charge in [-0.15, -0.1) is 0 Å². The third kappa shape index (κ3) is 13.1. The van der Waals surface area contributed by atoms with Crippen LogP contribution in [0.5, 0.6) is 0 Å². The minimum atomic E-state index is -0.277. The highest BCUT2D eigenvalue weighted by molar-refractivity contribution is 5.38. The van der Waals surface area contributed by atoms with Gasteiger partial charge in [0.1, 0.15) is 0 Å². The Morgan fingerprint density at radius 1 is 0.944 bits per heavy atom. The number of hydrogen-bond donors (Lipinski definition) is 1. The van der Waals surface area contributed by atoms with Crippen LogP contribution in [-0.4, -0.2) is 11.6 Å². The fraction of sp³-hybridized carbons (Fsp3) is 0.800. The van der Waals surface area contributed by atoms with Gasteiger partial charge in [0.05, 0.1) is 0 Å². The van der Waals surface area contributed by atoms with Crippen LogP contribution in [-0.2, 0) is 9.53 Å². The number of allylic oxidation sites excluding steroid dienone is 1. The summed E-state index contributed by atoms with van der Waals surface area (Å²) in [6, 6.07) is 0. The molecule has 0 saturated heterocycles. The summed E-state index contributed by atoms with van der Waals surface area (Å²) in [5.74, 6) is -0.277. The highest BCUT2D eigenvalue weighted by Gasteiger charge is 1.94. The summed E-state index contributed by atoms with van der Waals surface area (Å²) in [5, 5.41) is 9.00. The van der Waals surface area contributed by atoms with E-state index in [1.54, 1.807) is 6.08 Å². The average Bonchev–Trinajstić information content (AvgIpc) is 2.36. The van der Waals surface area contributed by atoms with Crippen LogP contribution in [0.2, 0.25) is 0 Å². The number of rotatable bonds is 13. The summed E-state index contributed by atoms with van der Waals surface area (Å²) < 4.78 is 4.27. The van der Waals surface area contributed by atoms with Crippen LogP contribution in [0.1, 0.15) is 77.6 Å². The van der Waals surface area contributed by atoms with E-state index >= 15 is 0 Å². The molecule has 1 N–H and O–H groups in total. The Hall–Kier alpha value is -0.990. The molecule has 18 heavy (non-hydrogen) atoms. The third-order valence-electron chi connectivity index (χ3n) is 3.05. The van der Waals surface area contributed by atoms with Crippen molar-refractivity contribution >= 4 is 6.47 Å². The lowest BCUT2D eigenvalue weighted by molar-refractivity contribution is -0.128. The Bertz CT molecular complexity index is 212. The fourth-order valence-electron chi connectivity index (χ4n) is 1.95. The number of carbonyl (C=O) groups excluding carboxylic acids is 1. The second-order valence-corrected chi connectivity index (χ2v) is 4.73. The lowest BCUT2D eigenvalue weighted by atomic mass is 10.1. The van der Waals surface area contributed by atoms with Crippen LogP contribution in [0.25, 0.3) is 0 Å². The number of carbonyl (C=O) groups is 1. The lowest BCUT2D eigenvalue weighted by Gasteiger charge is -2.01. The van der Waals surface area contributed by atoms with E-state index in [2.05, 4.69) is 11.7 Å². The summed E-state index contributed by atoms with van der Waals surface area (Å²) in [6.07, 6.45) is 15.3. The molecule has 0 aromatic rings. The van der Waals surface area contributed by atoms with Gasteiger partial charge in [-0.25, -0.2) is 0 Å². The Morgan fingerprint density at radius 3 is 1.94 bits per heavy atom. The molecule has 3 heteroatoms. The minimum Gasteiger partial charge on any atom is -0.481 e. The molecule has 0 aliphatic rings. The number of hydrogen-bond acceptors (Lipinski definition) is 3. The minimum absolute atomic E-state index is 0.240. The van der Waals surface area contributed by atoms with Gasteiger partial charge in [-0.2, -0.15) is 0 Å². The van der Waals surface area contributed by atoms with Crippen molar-refractivity contribution in [3.63, 3.8) is 0 Å². The Labute approximate surface area is 111 Å². The zero-order valence-corrected chi connectivity index (χ0v) is 11.7. The molecule has 0 atom stereocenters. The molecule has 0 amide bonds. The van der Waals surface area contributed by atoms with Crippen LogP contribution in [0.4, 0.5) is 0 Å². The highest BCUT2D eigenvalue weighted by atomic mass is 16.6. The van der Waals surface area contributed by atoms with Gasteiger partial charge in [0.2, 0.25) is 0 Å². The van der Waals surface area contributed by atoms with Gasteiger partial charge in [0, 0.05) is 0 Å². The van der Waals surface area contributed by atoms with Crippen molar-refractivity contribution in [3.05, 3.63) is 12.0 Å². The number of aliphatic hydroxyl groups excluding tert-OH is 1. The van der Waals surface area contributed by atoms with Gasteiger partial charge < -0.3 is 9.84 Å². The van der Waals surface area contributed by atoms with Crippen LogP contribution in [0, 0.1) is 0 Å². The van der Waals surface area contributed by atoms with Crippen molar-refractivity contribution < 1.29 is 14.6 Å². The summed E-state index contributed by atoms with van der Waals surface area (Å²) in [5.41, 5.74) is 0. The van der Waals surface area contributed by atoms with Crippen molar-refractivity contribution in [1.82, 2.24) is 0 Å². The molecule has 0 spiro atoms. The van der Waals surface area contributed by atoms with Crippen molar-refractivity contribution in [2.45, 2.75) is 77.6 Å². The normalized spacial score (nSPS) is 11.5. The van der Waals surface area contributed by atoms with E-state index in [9.17, 15) is 4.79 Å². The average molecular weight is 256 g/mol. The van der Waals surface area contributed by atoms with E-state index in [0.29, 0.717) is 0 Å². The lowest BCUT2D eigenvalue weighted by Crippen LogP contribution is -1.87. The van der Waals surface area contributed by atoms with E-state index < -0.39 is 0 Å². The first kappa shape index (κ1) is 17.0. The molecule has 0 fully saturated rings. The predicted molar refractivity (Wildman–Crippen MR) is 74.3 cm³/mol. The SMILES string of the molecule is CCCCCCCCCCCC/C=C(/O)OC=O. The molecule has 0 heterocycles. The summed E-state index contributed by atoms with van der Waals surface area (Å²) in [7, 11) is 0. The highest BCUT2D eigenvalue weighted by Crippen LogP contribution is 2.11. The fourth-order valence-corrected chi connectivity index (χ4v) is 1.95. The molecule has 0 rings (SSSR count). The van der Waals surface area contributed by atoms with Crippen LogP contribution in [0.3, 0.4) is 0 Å². The Morgan fingerprint density at radius 2 is 1.44 bits per heavy atom. The first-order valence-corrected chi connectivity index (χ1v) is 7.30. The van der Waals surface area contributed by atoms with E-state index in [1.165, 1.54) is 57.8 Å². The van der Waals surface area contributed by atoms with Gasteiger partial charge in [-0.3, -0.25) is 4.79 Å². The van der Waals surface area contributed by atoms with Crippen LogP contribution >= 0.6 is 0 Å². The summed E-state index contributed by atoms with van der Waals surface area (Å²) in [4.78, 5) is 9.89. The monoisotopic (exact) mass is 256 g/mol. The molecular formula is C15H28O3. The zero-order chi connectivity index (χ0) is 13.5. The quantitative estimate of drug-likeness (QED) is 0.290. The molecule has 0 aromatic heterocycles. The Kier molecular flexibility index (Phi) is 13.3. The second-order valence-electron chi connectivity index (χ2n) is 4.73. The van der Waals surface area contributed by atoms with Crippen LogP contribution < -0.4 is 0 Å². The molecule has 0 aliphatic heterocycles. The van der Waals surface area contributed by atoms with E-state index in [4.69, 9.17) is 5.11 Å². The summed E-state index contributed by atoms with van der Waals surface area (Å²) >= 11 is 0. The first-order chi connectivity index (χ1) is 8.81. The smallest absolute Gasteiger partial charge is 0.300 e. The molecule has 0 aromatic carbocycles. The standard InChI is InChI=1S/C15H28O3/c1-2-3-4-5-6-7-8-9-10-11-12-13-15(17)18-14-16/h13-14,17H,2-12H2,1H3/b15-13-. The largest absolute Gasteiger partial charge is 0.481 e. The predicted octanol–water partition coefficient (Wildman–Crippen LogP) is 4.87. The van der Waals surface area contributed by atoms with Gasteiger partial charge in [-0.1, -0.05) is 64.7 Å². The number of aliphatic hydroxyl groups is 1. The topological polar surface area (TPSA) is 46.5 Å². The molecular weight excluding hydrogens is 228 g/mol. The van der Waals surface area contributed by atoms with Gasteiger partial charge in [-0.05, 0) is 18.9 Å². The molecule has 3 nitrogen and oxygen atoms in total. The van der Waals surface area contributed by atoms with Crippen molar-refractivity contribution in [3.8, 4) is 0 Å². The van der Waals surface area contributed by atoms with E-state index in [1.807, 2.05) is 0 Å². The van der Waals surface area contributed by atoms with E-state index in [0.717, 1.165) is 12.8 Å². The molecule has 0 unspecified atom stereocenters. The van der Waals surface area contributed by atoms with Crippen molar-refractivity contribution in [2.24, 2.45) is 0 Å². The van der Waals surface area contributed by atoms with Gasteiger partial charge in [0.25, 0.3) is 5.95 Å². The number of unbranched alkanes of at least 4 members (excludes halogenated alkanes) is 10. The van der Waals surface area contributed by atoms with Crippen LogP contribution in [0.15, 0.2) is 12.0 Å². The molecule has 106 valence electrons. The second kappa shape index (κ2) is 14.1.